The van der Waals surface area contributed by atoms with Crippen molar-refractivity contribution in [1.82, 2.24) is 10.3 Å². The zero-order valence-electron chi connectivity index (χ0n) is 17.6. The first-order chi connectivity index (χ1) is 14.6. The molecule has 4 nitrogen and oxygen atoms in total. The Morgan fingerprint density at radius 2 is 1.87 bits per heavy atom. The molecule has 0 spiro atoms. The SMILES string of the molecule is CC(C)CNc1nc(-c2ccc(CNc3c(Cl)ccc4c3CCNCC4)cc2)cs1. The number of nitrogens with zero attached hydrogens (tertiary/aromatic N) is 1. The first-order valence-electron chi connectivity index (χ1n) is 10.6. The molecule has 2 heterocycles. The van der Waals surface area contributed by atoms with Crippen LogP contribution in [0.15, 0.2) is 41.8 Å². The lowest BCUT2D eigenvalue weighted by atomic mass is 10.0. The van der Waals surface area contributed by atoms with Crippen molar-refractivity contribution in [3.63, 3.8) is 0 Å². The van der Waals surface area contributed by atoms with E-state index in [1.54, 1.807) is 11.3 Å². The Hall–Kier alpha value is -2.08. The Balaban J connectivity index is 1.43. The first kappa shape index (κ1) is 21.2. The van der Waals surface area contributed by atoms with Crippen LogP contribution in [-0.4, -0.2) is 24.6 Å². The van der Waals surface area contributed by atoms with Crippen LogP contribution >= 0.6 is 22.9 Å². The molecule has 0 aliphatic carbocycles. The summed E-state index contributed by atoms with van der Waals surface area (Å²) < 4.78 is 0. The Bertz CT molecular complexity index is 981. The largest absolute Gasteiger partial charge is 0.380 e. The molecule has 158 valence electrons. The third-order valence-corrected chi connectivity index (χ3v) is 6.48. The molecular formula is C24H29ClN4S. The highest BCUT2D eigenvalue weighted by Crippen LogP contribution is 2.31. The fourth-order valence-corrected chi connectivity index (χ4v) is 4.67. The van der Waals surface area contributed by atoms with Gasteiger partial charge in [-0.15, -0.1) is 11.3 Å². The van der Waals surface area contributed by atoms with Gasteiger partial charge in [-0.3, -0.25) is 0 Å². The summed E-state index contributed by atoms with van der Waals surface area (Å²) in [5.74, 6) is 0.605. The van der Waals surface area contributed by atoms with Crippen molar-refractivity contribution in [3.05, 3.63) is 63.5 Å². The van der Waals surface area contributed by atoms with Gasteiger partial charge in [0.25, 0.3) is 0 Å². The highest BCUT2D eigenvalue weighted by molar-refractivity contribution is 7.14. The number of aromatic nitrogens is 1. The summed E-state index contributed by atoms with van der Waals surface area (Å²) >= 11 is 8.20. The maximum Gasteiger partial charge on any atom is 0.183 e. The summed E-state index contributed by atoms with van der Waals surface area (Å²) in [5.41, 5.74) is 7.23. The Labute approximate surface area is 188 Å². The minimum atomic E-state index is 0.605. The molecule has 1 aliphatic rings. The number of benzene rings is 2. The summed E-state index contributed by atoms with van der Waals surface area (Å²) in [7, 11) is 0. The highest BCUT2D eigenvalue weighted by Gasteiger charge is 2.14. The predicted octanol–water partition coefficient (Wildman–Crippen LogP) is 5.83. The van der Waals surface area contributed by atoms with Crippen LogP contribution in [0, 0.1) is 5.92 Å². The molecule has 0 radical (unpaired) electrons. The van der Waals surface area contributed by atoms with E-state index in [1.807, 2.05) is 6.07 Å². The van der Waals surface area contributed by atoms with E-state index >= 15 is 0 Å². The van der Waals surface area contributed by atoms with Crippen LogP contribution in [0.4, 0.5) is 10.8 Å². The van der Waals surface area contributed by atoms with E-state index in [1.165, 1.54) is 16.7 Å². The number of hydrogen-bond acceptors (Lipinski definition) is 5. The Morgan fingerprint density at radius 1 is 1.07 bits per heavy atom. The summed E-state index contributed by atoms with van der Waals surface area (Å²) in [4.78, 5) is 4.71. The lowest BCUT2D eigenvalue weighted by Gasteiger charge is -2.16. The minimum Gasteiger partial charge on any atom is -0.380 e. The predicted molar refractivity (Wildman–Crippen MR) is 130 cm³/mol. The lowest BCUT2D eigenvalue weighted by molar-refractivity contribution is 0.688. The summed E-state index contributed by atoms with van der Waals surface area (Å²) in [5, 5.41) is 14.4. The Morgan fingerprint density at radius 3 is 2.67 bits per heavy atom. The Kier molecular flexibility index (Phi) is 6.93. The molecule has 0 amide bonds. The number of nitrogens with one attached hydrogen (secondary N) is 3. The first-order valence-corrected chi connectivity index (χ1v) is 11.9. The van der Waals surface area contributed by atoms with Crippen LogP contribution in [-0.2, 0) is 19.4 Å². The van der Waals surface area contributed by atoms with Gasteiger partial charge in [-0.05, 0) is 54.6 Å². The molecule has 3 N–H and O–H groups in total. The molecule has 4 rings (SSSR count). The van der Waals surface area contributed by atoms with Crippen molar-refractivity contribution in [2.45, 2.75) is 33.2 Å². The van der Waals surface area contributed by atoms with Gasteiger partial charge in [0.2, 0.25) is 0 Å². The topological polar surface area (TPSA) is 49.0 Å². The average molecular weight is 441 g/mol. The molecule has 0 unspecified atom stereocenters. The quantitative estimate of drug-likeness (QED) is 0.432. The molecule has 0 bridgehead atoms. The molecule has 0 fully saturated rings. The second-order valence-corrected chi connectivity index (χ2v) is 9.44. The van der Waals surface area contributed by atoms with Crippen molar-refractivity contribution in [1.29, 1.82) is 0 Å². The molecule has 1 aromatic heterocycles. The molecule has 2 aromatic carbocycles. The standard InChI is InChI=1S/C24H29ClN4S/c1-16(2)13-28-24-29-22(15-30-24)19-5-3-17(4-6-19)14-27-23-20-10-12-26-11-9-18(20)7-8-21(23)25/h3-8,15-16,26-27H,9-14H2,1-2H3,(H,28,29). The van der Waals surface area contributed by atoms with Gasteiger partial charge < -0.3 is 16.0 Å². The summed E-state index contributed by atoms with van der Waals surface area (Å²) in [6.45, 7) is 8.12. The van der Waals surface area contributed by atoms with Crippen LogP contribution in [0.2, 0.25) is 5.02 Å². The molecule has 3 aromatic rings. The van der Waals surface area contributed by atoms with Crippen molar-refractivity contribution in [2.24, 2.45) is 5.92 Å². The van der Waals surface area contributed by atoms with E-state index in [9.17, 15) is 0 Å². The van der Waals surface area contributed by atoms with Gasteiger partial charge >= 0.3 is 0 Å². The van der Waals surface area contributed by atoms with Crippen molar-refractivity contribution < 1.29 is 0 Å². The van der Waals surface area contributed by atoms with Gasteiger partial charge in [0, 0.05) is 24.0 Å². The fraction of sp³-hybridized carbons (Fsp3) is 0.375. The molecule has 0 saturated carbocycles. The smallest absolute Gasteiger partial charge is 0.183 e. The highest BCUT2D eigenvalue weighted by atomic mass is 35.5. The fourth-order valence-electron chi connectivity index (χ4n) is 3.70. The van der Waals surface area contributed by atoms with E-state index in [4.69, 9.17) is 16.6 Å². The zero-order valence-corrected chi connectivity index (χ0v) is 19.2. The van der Waals surface area contributed by atoms with Gasteiger partial charge in [-0.2, -0.15) is 0 Å². The van der Waals surface area contributed by atoms with Crippen molar-refractivity contribution >= 4 is 33.8 Å². The summed E-state index contributed by atoms with van der Waals surface area (Å²) in [6.07, 6.45) is 2.06. The van der Waals surface area contributed by atoms with E-state index < -0.39 is 0 Å². The maximum atomic E-state index is 6.54. The second kappa shape index (κ2) is 9.82. The normalized spacial score (nSPS) is 13.7. The molecule has 0 atom stereocenters. The van der Waals surface area contributed by atoms with E-state index in [0.717, 1.165) is 66.1 Å². The van der Waals surface area contributed by atoms with Crippen LogP contribution in [0.25, 0.3) is 11.3 Å². The number of hydrogen-bond donors (Lipinski definition) is 3. The lowest BCUT2D eigenvalue weighted by Crippen LogP contribution is -2.16. The average Bonchev–Trinajstić information content (AvgIpc) is 3.09. The molecule has 1 aliphatic heterocycles. The van der Waals surface area contributed by atoms with E-state index in [-0.39, 0.29) is 0 Å². The number of anilines is 2. The maximum absolute atomic E-state index is 6.54. The molecule has 6 heteroatoms. The number of thiazole rings is 1. The van der Waals surface area contributed by atoms with Crippen LogP contribution in [0.1, 0.15) is 30.5 Å². The number of fused-ring (bicyclic) bond motifs is 1. The van der Waals surface area contributed by atoms with E-state index in [0.29, 0.717) is 5.92 Å². The van der Waals surface area contributed by atoms with Gasteiger partial charge in [-0.1, -0.05) is 55.8 Å². The molecular weight excluding hydrogens is 412 g/mol. The van der Waals surface area contributed by atoms with Crippen LogP contribution in [0.3, 0.4) is 0 Å². The zero-order chi connectivity index (χ0) is 20.9. The number of halogens is 1. The van der Waals surface area contributed by atoms with Gasteiger partial charge in [-0.25, -0.2) is 4.98 Å². The van der Waals surface area contributed by atoms with Crippen LogP contribution in [0.5, 0.6) is 0 Å². The molecule has 30 heavy (non-hydrogen) atoms. The van der Waals surface area contributed by atoms with E-state index in [2.05, 4.69) is 65.5 Å². The van der Waals surface area contributed by atoms with Crippen LogP contribution < -0.4 is 16.0 Å². The minimum absolute atomic E-state index is 0.605. The second-order valence-electron chi connectivity index (χ2n) is 8.17. The van der Waals surface area contributed by atoms with Gasteiger partial charge in [0.15, 0.2) is 5.13 Å². The number of rotatable bonds is 7. The van der Waals surface area contributed by atoms with Gasteiger partial charge in [0.05, 0.1) is 16.4 Å². The molecule has 0 saturated heterocycles. The summed E-state index contributed by atoms with van der Waals surface area (Å²) in [6, 6.07) is 12.8. The third-order valence-electron chi connectivity index (χ3n) is 5.37. The monoisotopic (exact) mass is 440 g/mol. The van der Waals surface area contributed by atoms with Crippen molar-refractivity contribution in [3.8, 4) is 11.3 Å². The van der Waals surface area contributed by atoms with Crippen molar-refractivity contribution in [2.75, 3.05) is 30.3 Å². The van der Waals surface area contributed by atoms with Gasteiger partial charge in [0.1, 0.15) is 0 Å². The third kappa shape index (κ3) is 5.15.